The van der Waals surface area contributed by atoms with Gasteiger partial charge in [-0.15, -0.1) is 0 Å². The Labute approximate surface area is 82.6 Å². The predicted molar refractivity (Wildman–Crippen MR) is 54.2 cm³/mol. The van der Waals surface area contributed by atoms with E-state index in [0.29, 0.717) is 11.1 Å². The lowest BCUT2D eigenvalue weighted by molar-refractivity contribution is 0.0600. The van der Waals surface area contributed by atoms with E-state index in [9.17, 15) is 9.90 Å². The number of phenolic OH excluding ortho intramolecular Hbond substituents is 1. The Morgan fingerprint density at radius 1 is 1.50 bits per heavy atom. The number of benzene rings is 1. The first-order chi connectivity index (χ1) is 6.69. The van der Waals surface area contributed by atoms with Crippen LogP contribution in [-0.4, -0.2) is 18.2 Å². The summed E-state index contributed by atoms with van der Waals surface area (Å²) in [5.74, 6) is -0.258. The normalized spacial score (nSPS) is 10.4. The van der Waals surface area contributed by atoms with E-state index < -0.39 is 5.97 Å². The summed E-state index contributed by atoms with van der Waals surface area (Å²) in [7, 11) is 1.32. The molecule has 74 valence electrons. The zero-order valence-electron chi connectivity index (χ0n) is 8.15. The smallest absolute Gasteiger partial charge is 0.337 e. The molecular formula is C11H12O3. The molecule has 14 heavy (non-hydrogen) atoms. The molecule has 0 aliphatic carbocycles. The Morgan fingerprint density at radius 2 is 2.21 bits per heavy atom. The van der Waals surface area contributed by atoms with Crippen molar-refractivity contribution in [3.8, 4) is 5.75 Å². The summed E-state index contributed by atoms with van der Waals surface area (Å²) in [6.07, 6.45) is 3.51. The van der Waals surface area contributed by atoms with E-state index in [4.69, 9.17) is 0 Å². The highest BCUT2D eigenvalue weighted by Crippen LogP contribution is 2.20. The Kier molecular flexibility index (Phi) is 3.29. The number of hydrogen-bond acceptors (Lipinski definition) is 3. The van der Waals surface area contributed by atoms with Gasteiger partial charge in [-0.1, -0.05) is 12.2 Å². The molecule has 0 bridgehead atoms. The van der Waals surface area contributed by atoms with Crippen LogP contribution in [0.4, 0.5) is 0 Å². The largest absolute Gasteiger partial charge is 0.507 e. The third-order valence-corrected chi connectivity index (χ3v) is 1.79. The number of hydrogen-bond donors (Lipinski definition) is 1. The highest BCUT2D eigenvalue weighted by molar-refractivity contribution is 5.90. The Hall–Kier alpha value is -1.77. The fourth-order valence-corrected chi connectivity index (χ4v) is 1.11. The zero-order chi connectivity index (χ0) is 10.6. The molecule has 1 N–H and O–H groups in total. The fourth-order valence-electron chi connectivity index (χ4n) is 1.11. The van der Waals surface area contributed by atoms with Crippen LogP contribution in [0, 0.1) is 0 Å². The molecule has 0 aliphatic heterocycles. The van der Waals surface area contributed by atoms with Crippen molar-refractivity contribution in [3.63, 3.8) is 0 Å². The number of allylic oxidation sites excluding steroid dienone is 1. The van der Waals surface area contributed by atoms with Crippen LogP contribution in [-0.2, 0) is 4.74 Å². The lowest BCUT2D eigenvalue weighted by atomic mass is 10.1. The van der Waals surface area contributed by atoms with Crippen molar-refractivity contribution in [2.24, 2.45) is 0 Å². The van der Waals surface area contributed by atoms with Crippen LogP contribution in [0.1, 0.15) is 22.8 Å². The van der Waals surface area contributed by atoms with Crippen LogP contribution in [0.2, 0.25) is 0 Å². The molecule has 0 radical (unpaired) electrons. The van der Waals surface area contributed by atoms with E-state index in [1.807, 2.05) is 6.92 Å². The highest BCUT2D eigenvalue weighted by Gasteiger charge is 2.07. The van der Waals surface area contributed by atoms with Crippen LogP contribution < -0.4 is 0 Å². The minimum atomic E-state index is -0.407. The number of rotatable bonds is 2. The molecule has 0 unspecified atom stereocenters. The molecule has 3 nitrogen and oxygen atoms in total. The summed E-state index contributed by atoms with van der Waals surface area (Å²) in [6, 6.07) is 4.58. The maximum absolute atomic E-state index is 11.2. The third-order valence-electron chi connectivity index (χ3n) is 1.79. The van der Waals surface area contributed by atoms with Crippen LogP contribution in [0.3, 0.4) is 0 Å². The standard InChI is InChI=1S/C11H12O3/c1-3-4-8-7-9(11(13)14-2)5-6-10(8)12/h3-7,12H,1-2H3/b4-3-. The van der Waals surface area contributed by atoms with Gasteiger partial charge >= 0.3 is 5.97 Å². The van der Waals surface area contributed by atoms with Crippen molar-refractivity contribution in [2.75, 3.05) is 7.11 Å². The van der Waals surface area contributed by atoms with Crippen molar-refractivity contribution < 1.29 is 14.6 Å². The molecule has 0 aliphatic rings. The number of carbonyl (C=O) groups is 1. The number of phenols is 1. The predicted octanol–water partition coefficient (Wildman–Crippen LogP) is 2.21. The summed E-state index contributed by atoms with van der Waals surface area (Å²) in [5, 5.41) is 9.42. The quantitative estimate of drug-likeness (QED) is 0.731. The van der Waals surface area contributed by atoms with Gasteiger partial charge in [-0.3, -0.25) is 0 Å². The first kappa shape index (κ1) is 10.3. The summed E-state index contributed by atoms with van der Waals surface area (Å²) in [4.78, 5) is 11.2. The number of carbonyl (C=O) groups excluding carboxylic acids is 1. The van der Waals surface area contributed by atoms with Crippen molar-refractivity contribution in [3.05, 3.63) is 35.4 Å². The second kappa shape index (κ2) is 4.46. The topological polar surface area (TPSA) is 46.5 Å². The molecule has 0 saturated heterocycles. The SMILES string of the molecule is C/C=C\c1cc(C(=O)OC)ccc1O. The molecule has 0 atom stereocenters. The second-order valence-electron chi connectivity index (χ2n) is 2.77. The van der Waals surface area contributed by atoms with Gasteiger partial charge in [0, 0.05) is 5.56 Å². The highest BCUT2D eigenvalue weighted by atomic mass is 16.5. The molecule has 0 saturated carbocycles. The van der Waals surface area contributed by atoms with E-state index in [0.717, 1.165) is 0 Å². The van der Waals surface area contributed by atoms with Gasteiger partial charge in [-0.05, 0) is 25.1 Å². The number of esters is 1. The first-order valence-electron chi connectivity index (χ1n) is 4.23. The number of aromatic hydroxyl groups is 1. The number of ether oxygens (including phenoxy) is 1. The molecule has 0 fully saturated rings. The van der Waals surface area contributed by atoms with E-state index >= 15 is 0 Å². The minimum absolute atomic E-state index is 0.149. The maximum Gasteiger partial charge on any atom is 0.337 e. The van der Waals surface area contributed by atoms with Crippen molar-refractivity contribution in [1.82, 2.24) is 0 Å². The van der Waals surface area contributed by atoms with E-state index in [-0.39, 0.29) is 5.75 Å². The van der Waals surface area contributed by atoms with Gasteiger partial charge < -0.3 is 9.84 Å². The van der Waals surface area contributed by atoms with Gasteiger partial charge in [0.15, 0.2) is 0 Å². The van der Waals surface area contributed by atoms with Gasteiger partial charge in [0.05, 0.1) is 12.7 Å². The Morgan fingerprint density at radius 3 is 2.79 bits per heavy atom. The molecule has 1 aromatic rings. The second-order valence-corrected chi connectivity index (χ2v) is 2.77. The lowest BCUT2D eigenvalue weighted by Gasteiger charge is -2.02. The molecule has 3 heteroatoms. The summed E-state index contributed by atoms with van der Waals surface area (Å²) in [5.41, 5.74) is 1.04. The van der Waals surface area contributed by atoms with Crippen LogP contribution in [0.15, 0.2) is 24.3 Å². The van der Waals surface area contributed by atoms with Crippen molar-refractivity contribution >= 4 is 12.0 Å². The van der Waals surface area contributed by atoms with E-state index in [1.54, 1.807) is 18.2 Å². The van der Waals surface area contributed by atoms with Gasteiger partial charge in [-0.2, -0.15) is 0 Å². The molecule has 1 aromatic carbocycles. The average Bonchev–Trinajstić information content (AvgIpc) is 2.20. The minimum Gasteiger partial charge on any atom is -0.507 e. The van der Waals surface area contributed by atoms with E-state index in [1.165, 1.54) is 19.2 Å². The number of methoxy groups -OCH3 is 1. The van der Waals surface area contributed by atoms with Crippen LogP contribution in [0.25, 0.3) is 6.08 Å². The van der Waals surface area contributed by atoms with Gasteiger partial charge in [0.1, 0.15) is 5.75 Å². The molecule has 0 amide bonds. The summed E-state index contributed by atoms with van der Waals surface area (Å²) in [6.45, 7) is 1.84. The molecule has 1 rings (SSSR count). The summed E-state index contributed by atoms with van der Waals surface area (Å²) >= 11 is 0. The monoisotopic (exact) mass is 192 g/mol. The van der Waals surface area contributed by atoms with Gasteiger partial charge in [0.2, 0.25) is 0 Å². The average molecular weight is 192 g/mol. The van der Waals surface area contributed by atoms with Crippen LogP contribution in [0.5, 0.6) is 5.75 Å². The molecular weight excluding hydrogens is 180 g/mol. The lowest BCUT2D eigenvalue weighted by Crippen LogP contribution is -2.00. The summed E-state index contributed by atoms with van der Waals surface area (Å²) < 4.78 is 4.56. The van der Waals surface area contributed by atoms with E-state index in [2.05, 4.69) is 4.74 Å². The third kappa shape index (κ3) is 2.13. The molecule has 0 heterocycles. The van der Waals surface area contributed by atoms with Crippen LogP contribution >= 0.6 is 0 Å². The first-order valence-corrected chi connectivity index (χ1v) is 4.23. The maximum atomic E-state index is 11.2. The van der Waals surface area contributed by atoms with Gasteiger partial charge in [0.25, 0.3) is 0 Å². The fraction of sp³-hybridized carbons (Fsp3) is 0.182. The Balaban J connectivity index is 3.12. The molecule has 0 spiro atoms. The Bertz CT molecular complexity index is 367. The van der Waals surface area contributed by atoms with Crippen molar-refractivity contribution in [1.29, 1.82) is 0 Å². The van der Waals surface area contributed by atoms with Crippen molar-refractivity contribution in [2.45, 2.75) is 6.92 Å². The zero-order valence-corrected chi connectivity index (χ0v) is 8.15. The van der Waals surface area contributed by atoms with Gasteiger partial charge in [-0.25, -0.2) is 4.79 Å². The molecule has 0 aromatic heterocycles.